The highest BCUT2D eigenvalue weighted by Gasteiger charge is 2.42. The summed E-state index contributed by atoms with van der Waals surface area (Å²) in [5.74, 6) is -0.0446. The summed E-state index contributed by atoms with van der Waals surface area (Å²) in [7, 11) is 2.08. The summed E-state index contributed by atoms with van der Waals surface area (Å²) >= 11 is 12.8. The van der Waals surface area contributed by atoms with Gasteiger partial charge in [-0.25, -0.2) is 4.98 Å². The number of ether oxygens (including phenoxy) is 3. The minimum absolute atomic E-state index is 0.204. The Morgan fingerprint density at radius 2 is 1.93 bits per heavy atom. The van der Waals surface area contributed by atoms with Crippen LogP contribution in [0.4, 0.5) is 0 Å². The molecular weight excluding hydrogens is 561 g/mol. The van der Waals surface area contributed by atoms with E-state index in [1.807, 2.05) is 41.1 Å². The van der Waals surface area contributed by atoms with Crippen LogP contribution in [0, 0.1) is 0 Å². The molecule has 9 heteroatoms. The molecule has 1 N–H and O–H groups in total. The molecule has 0 saturated carbocycles. The lowest BCUT2D eigenvalue weighted by Crippen LogP contribution is -2.47. The van der Waals surface area contributed by atoms with Gasteiger partial charge < -0.3 is 23.9 Å². The second-order valence-electron chi connectivity index (χ2n) is 10.1. The molecule has 0 amide bonds. The lowest BCUT2D eigenvalue weighted by atomic mass is 10.0. The minimum Gasteiger partial charge on any atom is -0.508 e. The van der Waals surface area contributed by atoms with Gasteiger partial charge in [-0.15, -0.1) is 0 Å². The van der Waals surface area contributed by atoms with Crippen LogP contribution in [-0.2, 0) is 28.4 Å². The van der Waals surface area contributed by atoms with Gasteiger partial charge in [-0.2, -0.15) is 0 Å². The fourth-order valence-corrected chi connectivity index (χ4v) is 5.33. The van der Waals surface area contributed by atoms with Crippen LogP contribution in [0.25, 0.3) is 6.08 Å². The fraction of sp³-hybridized carbons (Fsp3) is 0.281. The van der Waals surface area contributed by atoms with E-state index in [-0.39, 0.29) is 11.9 Å². The SMILES string of the molecule is CN(CC=Cc1ccc(O)cc1)Cc1ccc(OC[C@@H]2CCO[C@@](Cn3ccnc3)(c3ccc(Cl)cc3Cl)O2)cc1. The van der Waals surface area contributed by atoms with Crippen molar-refractivity contribution in [2.45, 2.75) is 31.4 Å². The number of phenols is 1. The number of nitrogens with zero attached hydrogens (tertiary/aromatic N) is 3. The Kier molecular flexibility index (Phi) is 9.64. The second-order valence-corrected chi connectivity index (χ2v) is 11.0. The van der Waals surface area contributed by atoms with Crippen molar-refractivity contribution in [1.29, 1.82) is 0 Å². The van der Waals surface area contributed by atoms with Gasteiger partial charge >= 0.3 is 0 Å². The van der Waals surface area contributed by atoms with Crippen molar-refractivity contribution < 1.29 is 19.3 Å². The lowest BCUT2D eigenvalue weighted by Gasteiger charge is -2.41. The van der Waals surface area contributed by atoms with Gasteiger partial charge in [0.2, 0.25) is 5.79 Å². The van der Waals surface area contributed by atoms with E-state index in [1.54, 1.807) is 36.8 Å². The fourth-order valence-electron chi connectivity index (χ4n) is 4.77. The van der Waals surface area contributed by atoms with Crippen molar-refractivity contribution in [2.24, 2.45) is 0 Å². The summed E-state index contributed by atoms with van der Waals surface area (Å²) in [6.45, 7) is 2.87. The topological polar surface area (TPSA) is 69.0 Å². The van der Waals surface area contributed by atoms with E-state index in [0.29, 0.717) is 41.8 Å². The maximum absolute atomic E-state index is 9.41. The van der Waals surface area contributed by atoms with Gasteiger partial charge in [0, 0.05) is 42.5 Å². The molecule has 5 rings (SSSR count). The van der Waals surface area contributed by atoms with Crippen LogP contribution in [0.5, 0.6) is 11.5 Å². The Morgan fingerprint density at radius 3 is 2.66 bits per heavy atom. The van der Waals surface area contributed by atoms with Crippen molar-refractivity contribution >= 4 is 29.3 Å². The molecule has 0 radical (unpaired) electrons. The molecule has 7 nitrogen and oxygen atoms in total. The summed E-state index contributed by atoms with van der Waals surface area (Å²) in [6.07, 6.45) is 9.96. The van der Waals surface area contributed by atoms with Gasteiger partial charge in [-0.3, -0.25) is 4.90 Å². The van der Waals surface area contributed by atoms with Crippen molar-refractivity contribution in [3.05, 3.63) is 118 Å². The molecule has 2 heterocycles. The summed E-state index contributed by atoms with van der Waals surface area (Å²) in [5, 5.41) is 10.4. The average Bonchev–Trinajstić information content (AvgIpc) is 3.46. The van der Waals surface area contributed by atoms with Crippen LogP contribution in [-0.4, -0.2) is 52.5 Å². The number of imidazole rings is 1. The highest BCUT2D eigenvalue weighted by atomic mass is 35.5. The molecule has 2 atom stereocenters. The number of aromatic nitrogens is 2. The zero-order valence-corrected chi connectivity index (χ0v) is 24.3. The first-order valence-electron chi connectivity index (χ1n) is 13.5. The van der Waals surface area contributed by atoms with Crippen molar-refractivity contribution in [1.82, 2.24) is 14.5 Å². The Balaban J connectivity index is 1.17. The van der Waals surface area contributed by atoms with E-state index in [1.165, 1.54) is 5.56 Å². The first-order chi connectivity index (χ1) is 19.9. The van der Waals surface area contributed by atoms with Crippen LogP contribution in [0.1, 0.15) is 23.1 Å². The molecule has 3 aromatic carbocycles. The van der Waals surface area contributed by atoms with E-state index in [0.717, 1.165) is 24.4 Å². The molecule has 41 heavy (non-hydrogen) atoms. The number of hydrogen-bond donors (Lipinski definition) is 1. The van der Waals surface area contributed by atoms with Gasteiger partial charge in [0.1, 0.15) is 18.1 Å². The van der Waals surface area contributed by atoms with E-state index < -0.39 is 5.79 Å². The molecule has 4 aromatic rings. The van der Waals surface area contributed by atoms with Crippen molar-refractivity contribution in [2.75, 3.05) is 26.8 Å². The smallest absolute Gasteiger partial charge is 0.215 e. The minimum atomic E-state index is -1.10. The number of halogens is 2. The monoisotopic (exact) mass is 593 g/mol. The van der Waals surface area contributed by atoms with Crippen LogP contribution >= 0.6 is 23.2 Å². The Bertz CT molecular complexity index is 1430. The molecule has 1 aliphatic rings. The van der Waals surface area contributed by atoms with Crippen LogP contribution in [0.2, 0.25) is 10.0 Å². The van der Waals surface area contributed by atoms with Crippen LogP contribution < -0.4 is 4.74 Å². The predicted octanol–water partition coefficient (Wildman–Crippen LogP) is 6.78. The molecule has 0 unspecified atom stereocenters. The maximum atomic E-state index is 9.41. The number of phenolic OH excluding ortho intramolecular Hbond substituents is 1. The number of benzene rings is 3. The molecule has 0 spiro atoms. The zero-order valence-electron chi connectivity index (χ0n) is 22.8. The summed E-state index contributed by atoms with van der Waals surface area (Å²) in [5.41, 5.74) is 2.96. The average molecular weight is 595 g/mol. The Morgan fingerprint density at radius 1 is 1.12 bits per heavy atom. The van der Waals surface area contributed by atoms with E-state index >= 15 is 0 Å². The summed E-state index contributed by atoms with van der Waals surface area (Å²) < 4.78 is 20.9. The number of aromatic hydroxyl groups is 1. The Hall–Kier alpha value is -3.33. The van der Waals surface area contributed by atoms with E-state index in [4.69, 9.17) is 37.4 Å². The number of hydrogen-bond acceptors (Lipinski definition) is 6. The van der Waals surface area contributed by atoms with Gasteiger partial charge in [-0.05, 0) is 54.6 Å². The Labute approximate surface area is 250 Å². The normalized spacial score (nSPS) is 19.2. The van der Waals surface area contributed by atoms with Crippen molar-refractivity contribution in [3.8, 4) is 11.5 Å². The quantitative estimate of drug-likeness (QED) is 0.207. The molecular formula is C32H33Cl2N3O4. The molecule has 0 bridgehead atoms. The van der Waals surface area contributed by atoms with Gasteiger partial charge in [-0.1, -0.05) is 65.7 Å². The van der Waals surface area contributed by atoms with E-state index in [9.17, 15) is 5.11 Å². The highest BCUT2D eigenvalue weighted by molar-refractivity contribution is 6.35. The predicted molar refractivity (Wildman–Crippen MR) is 161 cm³/mol. The van der Waals surface area contributed by atoms with Gasteiger partial charge in [0.15, 0.2) is 0 Å². The third-order valence-corrected chi connectivity index (χ3v) is 7.40. The van der Waals surface area contributed by atoms with Crippen molar-refractivity contribution in [3.63, 3.8) is 0 Å². The molecule has 214 valence electrons. The summed E-state index contributed by atoms with van der Waals surface area (Å²) in [6, 6.07) is 20.6. The standard InChI is InChI=1S/C32H33Cl2N3O4/c1-36(16-2-3-24-4-9-27(38)10-5-24)20-25-6-11-28(12-7-25)39-21-29-14-18-40-32(41-29,22-37-17-15-35-23-37)30-13-8-26(33)19-31(30)34/h2-13,15,17,19,23,29,38H,14,16,18,20-22H2,1H3/t29-,32+/m0/s1. The van der Waals surface area contributed by atoms with Crippen LogP contribution in [0.15, 0.2) is 91.5 Å². The number of likely N-dealkylation sites (N-methyl/N-ethyl adjacent to an activating group) is 1. The maximum Gasteiger partial charge on any atom is 0.215 e. The molecule has 1 saturated heterocycles. The zero-order chi connectivity index (χ0) is 28.7. The van der Waals surface area contributed by atoms with Gasteiger partial charge in [0.25, 0.3) is 0 Å². The second kappa shape index (κ2) is 13.6. The van der Waals surface area contributed by atoms with Gasteiger partial charge in [0.05, 0.1) is 30.6 Å². The lowest BCUT2D eigenvalue weighted by molar-refractivity contribution is -0.312. The summed E-state index contributed by atoms with van der Waals surface area (Å²) in [4.78, 5) is 6.38. The third-order valence-electron chi connectivity index (χ3n) is 6.86. The third kappa shape index (κ3) is 7.91. The molecule has 1 fully saturated rings. The molecule has 1 aliphatic heterocycles. The first-order valence-corrected chi connectivity index (χ1v) is 14.2. The first kappa shape index (κ1) is 29.2. The largest absolute Gasteiger partial charge is 0.508 e. The van der Waals surface area contributed by atoms with E-state index in [2.05, 4.69) is 41.2 Å². The van der Waals surface area contributed by atoms with Crippen LogP contribution in [0.3, 0.4) is 0 Å². The highest BCUT2D eigenvalue weighted by Crippen LogP contribution is 2.40. The number of rotatable bonds is 11. The molecule has 0 aliphatic carbocycles. The molecule has 1 aromatic heterocycles.